The molecule has 0 fully saturated rings. The average Bonchev–Trinajstić information content (AvgIpc) is 2.28. The molecule has 12 heavy (non-hydrogen) atoms. The fourth-order valence-corrected chi connectivity index (χ4v) is 1.11. The molecule has 0 amide bonds. The first-order chi connectivity index (χ1) is 5.74. The number of nitrogens with zero attached hydrogens (tertiary/aromatic N) is 1. The average molecular weight is 171 g/mol. The van der Waals surface area contributed by atoms with E-state index in [0.29, 0.717) is 12.5 Å². The largest absolute Gasteiger partial charge is 0.467 e. The van der Waals surface area contributed by atoms with Crippen molar-refractivity contribution in [3.63, 3.8) is 0 Å². The Hall–Kier alpha value is -1.26. The predicted octanol–water partition coefficient (Wildman–Crippen LogP) is -0.774. The zero-order chi connectivity index (χ0) is 8.97. The maximum atomic E-state index is 11.1. The molecule has 0 spiro atoms. The zero-order valence-electron chi connectivity index (χ0n) is 7.04. The number of methoxy groups -OCH3 is 1. The molecule has 1 aliphatic heterocycles. The molecule has 68 valence electrons. The van der Waals surface area contributed by atoms with Crippen LogP contribution in [0.5, 0.6) is 0 Å². The molecule has 5 heteroatoms. The van der Waals surface area contributed by atoms with Gasteiger partial charge in [-0.2, -0.15) is 0 Å². The van der Waals surface area contributed by atoms with Crippen LogP contribution in [-0.4, -0.2) is 31.6 Å². The monoisotopic (exact) mass is 171 g/mol. The SMILES string of the molecule is COC(=O)C1CCCN=C(N)N1. The highest BCUT2D eigenvalue weighted by molar-refractivity contribution is 5.85. The lowest BCUT2D eigenvalue weighted by Gasteiger charge is -2.13. The number of hydrogen-bond acceptors (Lipinski definition) is 5. The molecule has 3 N–H and O–H groups in total. The molecule has 0 saturated carbocycles. The van der Waals surface area contributed by atoms with Gasteiger partial charge in [-0.15, -0.1) is 0 Å². The first-order valence-electron chi connectivity index (χ1n) is 3.88. The summed E-state index contributed by atoms with van der Waals surface area (Å²) in [5, 5.41) is 2.78. The minimum atomic E-state index is -0.332. The Bertz CT molecular complexity index is 203. The summed E-state index contributed by atoms with van der Waals surface area (Å²) in [5.74, 6) is 0.0398. The van der Waals surface area contributed by atoms with Gasteiger partial charge in [0, 0.05) is 6.54 Å². The molecule has 0 aliphatic carbocycles. The van der Waals surface area contributed by atoms with E-state index in [9.17, 15) is 4.79 Å². The van der Waals surface area contributed by atoms with Gasteiger partial charge in [0.15, 0.2) is 5.96 Å². The predicted molar refractivity (Wildman–Crippen MR) is 44.7 cm³/mol. The Morgan fingerprint density at radius 3 is 3.25 bits per heavy atom. The van der Waals surface area contributed by atoms with E-state index in [1.165, 1.54) is 7.11 Å². The first kappa shape index (κ1) is 8.83. The van der Waals surface area contributed by atoms with Crippen LogP contribution in [0.2, 0.25) is 0 Å². The van der Waals surface area contributed by atoms with Gasteiger partial charge in [0.2, 0.25) is 0 Å². The number of carbonyl (C=O) groups excluding carboxylic acids is 1. The molecular weight excluding hydrogens is 158 g/mol. The van der Waals surface area contributed by atoms with Crippen molar-refractivity contribution >= 4 is 11.9 Å². The molecule has 1 atom stereocenters. The second kappa shape index (κ2) is 3.94. The third-order valence-electron chi connectivity index (χ3n) is 1.74. The molecule has 0 aromatic rings. The summed E-state index contributed by atoms with van der Waals surface area (Å²) in [7, 11) is 1.36. The van der Waals surface area contributed by atoms with Crippen LogP contribution >= 0.6 is 0 Å². The van der Waals surface area contributed by atoms with Gasteiger partial charge in [-0.3, -0.25) is 4.99 Å². The quantitative estimate of drug-likeness (QED) is 0.508. The van der Waals surface area contributed by atoms with Gasteiger partial charge in [0.1, 0.15) is 6.04 Å². The van der Waals surface area contributed by atoms with Gasteiger partial charge < -0.3 is 15.8 Å². The van der Waals surface area contributed by atoms with Crippen molar-refractivity contribution in [1.29, 1.82) is 0 Å². The van der Waals surface area contributed by atoms with E-state index in [0.717, 1.165) is 12.8 Å². The van der Waals surface area contributed by atoms with Gasteiger partial charge in [-0.05, 0) is 12.8 Å². The normalized spacial score (nSPS) is 23.4. The van der Waals surface area contributed by atoms with Crippen molar-refractivity contribution in [1.82, 2.24) is 5.32 Å². The Morgan fingerprint density at radius 2 is 2.58 bits per heavy atom. The summed E-state index contributed by atoms with van der Waals surface area (Å²) in [4.78, 5) is 15.0. The van der Waals surface area contributed by atoms with Crippen molar-refractivity contribution < 1.29 is 9.53 Å². The van der Waals surface area contributed by atoms with Gasteiger partial charge >= 0.3 is 5.97 Å². The Morgan fingerprint density at radius 1 is 1.83 bits per heavy atom. The molecule has 0 aromatic heterocycles. The van der Waals surface area contributed by atoms with Crippen LogP contribution in [0.15, 0.2) is 4.99 Å². The summed E-state index contributed by atoms with van der Waals surface area (Å²) in [6, 6.07) is -0.332. The number of ether oxygens (including phenoxy) is 1. The van der Waals surface area contributed by atoms with Crippen LogP contribution in [0.4, 0.5) is 0 Å². The highest BCUT2D eigenvalue weighted by Gasteiger charge is 2.20. The minimum absolute atomic E-state index is 0.282. The zero-order valence-corrected chi connectivity index (χ0v) is 7.04. The second-order valence-electron chi connectivity index (χ2n) is 2.63. The van der Waals surface area contributed by atoms with Crippen molar-refractivity contribution in [2.24, 2.45) is 10.7 Å². The van der Waals surface area contributed by atoms with E-state index in [-0.39, 0.29) is 12.0 Å². The number of carbonyl (C=O) groups is 1. The van der Waals surface area contributed by atoms with E-state index in [4.69, 9.17) is 5.73 Å². The van der Waals surface area contributed by atoms with E-state index < -0.39 is 0 Å². The Labute approximate surface area is 71.0 Å². The molecule has 0 radical (unpaired) electrons. The van der Waals surface area contributed by atoms with Crippen LogP contribution in [0.25, 0.3) is 0 Å². The number of rotatable bonds is 1. The molecule has 1 rings (SSSR count). The van der Waals surface area contributed by atoms with Gasteiger partial charge in [0.25, 0.3) is 0 Å². The molecule has 0 aromatic carbocycles. The van der Waals surface area contributed by atoms with Crippen LogP contribution in [0, 0.1) is 0 Å². The third kappa shape index (κ3) is 2.11. The van der Waals surface area contributed by atoms with Crippen molar-refractivity contribution in [3.05, 3.63) is 0 Å². The number of aliphatic imine (C=N–C) groups is 1. The number of hydrogen-bond donors (Lipinski definition) is 2. The minimum Gasteiger partial charge on any atom is -0.467 e. The highest BCUT2D eigenvalue weighted by Crippen LogP contribution is 2.02. The van der Waals surface area contributed by atoms with Gasteiger partial charge in [-0.1, -0.05) is 0 Å². The van der Waals surface area contributed by atoms with Crippen molar-refractivity contribution in [3.8, 4) is 0 Å². The third-order valence-corrected chi connectivity index (χ3v) is 1.74. The lowest BCUT2D eigenvalue weighted by Crippen LogP contribution is -2.44. The van der Waals surface area contributed by atoms with Crippen LogP contribution in [0.1, 0.15) is 12.8 Å². The van der Waals surface area contributed by atoms with E-state index >= 15 is 0 Å². The summed E-state index contributed by atoms with van der Waals surface area (Å²) in [6.07, 6.45) is 1.57. The maximum absolute atomic E-state index is 11.1. The summed E-state index contributed by atoms with van der Waals surface area (Å²) in [6.45, 7) is 0.673. The lowest BCUT2D eigenvalue weighted by atomic mass is 10.1. The molecular formula is C7H13N3O2. The van der Waals surface area contributed by atoms with E-state index in [2.05, 4.69) is 15.0 Å². The molecule has 5 nitrogen and oxygen atoms in total. The number of guanidine groups is 1. The maximum Gasteiger partial charge on any atom is 0.328 e. The number of nitrogens with one attached hydrogen (secondary N) is 1. The molecule has 1 aliphatic rings. The van der Waals surface area contributed by atoms with Crippen molar-refractivity contribution in [2.75, 3.05) is 13.7 Å². The van der Waals surface area contributed by atoms with Crippen molar-refractivity contribution in [2.45, 2.75) is 18.9 Å². The van der Waals surface area contributed by atoms with E-state index in [1.54, 1.807) is 0 Å². The molecule has 1 heterocycles. The number of esters is 1. The molecule has 0 bridgehead atoms. The van der Waals surface area contributed by atoms with Crippen LogP contribution < -0.4 is 11.1 Å². The van der Waals surface area contributed by atoms with E-state index in [1.807, 2.05) is 0 Å². The summed E-state index contributed by atoms with van der Waals surface area (Å²) < 4.78 is 4.58. The Balaban J connectivity index is 2.55. The van der Waals surface area contributed by atoms with Crippen LogP contribution in [-0.2, 0) is 9.53 Å². The second-order valence-corrected chi connectivity index (χ2v) is 2.63. The van der Waals surface area contributed by atoms with Gasteiger partial charge in [0.05, 0.1) is 7.11 Å². The summed E-state index contributed by atoms with van der Waals surface area (Å²) >= 11 is 0. The summed E-state index contributed by atoms with van der Waals surface area (Å²) in [5.41, 5.74) is 5.45. The van der Waals surface area contributed by atoms with Gasteiger partial charge in [-0.25, -0.2) is 4.79 Å². The standard InChI is InChI=1S/C7H13N3O2/c1-12-6(11)5-3-2-4-9-7(8)10-5/h5H,2-4H2,1H3,(H3,8,9,10). The smallest absolute Gasteiger partial charge is 0.328 e. The molecule has 1 unspecified atom stereocenters. The fourth-order valence-electron chi connectivity index (χ4n) is 1.11. The highest BCUT2D eigenvalue weighted by atomic mass is 16.5. The number of nitrogens with two attached hydrogens (primary N) is 1. The molecule has 0 saturated heterocycles. The first-order valence-corrected chi connectivity index (χ1v) is 3.88. The lowest BCUT2D eigenvalue weighted by molar-refractivity contribution is -0.142. The Kier molecular flexibility index (Phi) is 2.90. The van der Waals surface area contributed by atoms with Crippen LogP contribution in [0.3, 0.4) is 0 Å². The fraction of sp³-hybridized carbons (Fsp3) is 0.714. The topological polar surface area (TPSA) is 76.7 Å².